The number of ketones is 1. The third-order valence-corrected chi connectivity index (χ3v) is 6.73. The van der Waals surface area contributed by atoms with Gasteiger partial charge in [0.15, 0.2) is 0 Å². The molecule has 36 heavy (non-hydrogen) atoms. The minimum absolute atomic E-state index is 0.103. The maximum absolute atomic E-state index is 13.3. The molecule has 1 aliphatic heterocycles. The van der Waals surface area contributed by atoms with Crippen LogP contribution in [0.2, 0.25) is 5.02 Å². The van der Waals surface area contributed by atoms with Crippen LogP contribution in [0.1, 0.15) is 49.1 Å². The van der Waals surface area contributed by atoms with E-state index in [1.54, 1.807) is 18.2 Å². The third kappa shape index (κ3) is 4.50. The molecule has 8 heteroatoms. The Balaban J connectivity index is 1.92. The van der Waals surface area contributed by atoms with Crippen molar-refractivity contribution >= 4 is 40.4 Å². The van der Waals surface area contributed by atoms with Crippen molar-refractivity contribution in [1.29, 1.82) is 0 Å². The van der Waals surface area contributed by atoms with Crippen molar-refractivity contribution < 1.29 is 19.6 Å². The van der Waals surface area contributed by atoms with Crippen LogP contribution >= 0.6 is 11.6 Å². The number of nitro groups is 1. The largest absolute Gasteiger partial charge is 0.507 e. The number of hydrogen-bond acceptors (Lipinski definition) is 5. The molecule has 1 heterocycles. The predicted molar refractivity (Wildman–Crippen MR) is 139 cm³/mol. The van der Waals surface area contributed by atoms with Crippen LogP contribution in [0, 0.1) is 17.0 Å². The van der Waals surface area contributed by atoms with Crippen molar-refractivity contribution in [3.8, 4) is 0 Å². The molecule has 1 unspecified atom stereocenters. The standard InChI is InChI=1S/C28H25ClN2O5/c1-16-5-12-21(15-22(16)29)30-24(17-6-10-19(11-7-17)28(2,3)4)23(26(33)27(30)34)25(32)18-8-13-20(14-9-18)31(35)36/h5-15,24,32H,1-4H3/b25-23+. The van der Waals surface area contributed by atoms with Gasteiger partial charge in [0.25, 0.3) is 17.4 Å². The molecule has 1 atom stereocenters. The first-order valence-electron chi connectivity index (χ1n) is 11.3. The first kappa shape index (κ1) is 25.1. The van der Waals surface area contributed by atoms with Gasteiger partial charge in [0.1, 0.15) is 5.76 Å². The maximum atomic E-state index is 13.3. The summed E-state index contributed by atoms with van der Waals surface area (Å²) in [6.45, 7) is 8.07. The predicted octanol–water partition coefficient (Wildman–Crippen LogP) is 6.48. The summed E-state index contributed by atoms with van der Waals surface area (Å²) in [5.41, 5.74) is 2.75. The summed E-state index contributed by atoms with van der Waals surface area (Å²) in [6.07, 6.45) is 0. The van der Waals surface area contributed by atoms with Crippen LogP contribution in [0.15, 0.2) is 72.3 Å². The highest BCUT2D eigenvalue weighted by Crippen LogP contribution is 2.43. The van der Waals surface area contributed by atoms with Crippen LogP contribution in [-0.4, -0.2) is 21.7 Å². The van der Waals surface area contributed by atoms with Crippen molar-refractivity contribution in [2.45, 2.75) is 39.2 Å². The number of carbonyl (C=O) groups excluding carboxylic acids is 2. The Labute approximate surface area is 213 Å². The van der Waals surface area contributed by atoms with Gasteiger partial charge in [-0.15, -0.1) is 0 Å². The summed E-state index contributed by atoms with van der Waals surface area (Å²) in [7, 11) is 0. The number of carbonyl (C=O) groups is 2. The van der Waals surface area contributed by atoms with Crippen LogP contribution < -0.4 is 4.90 Å². The molecule has 0 aliphatic carbocycles. The minimum Gasteiger partial charge on any atom is -0.507 e. The van der Waals surface area contributed by atoms with Gasteiger partial charge >= 0.3 is 0 Å². The lowest BCUT2D eigenvalue weighted by Crippen LogP contribution is -2.29. The number of rotatable bonds is 4. The normalized spacial score (nSPS) is 17.5. The van der Waals surface area contributed by atoms with Crippen molar-refractivity contribution in [3.63, 3.8) is 0 Å². The van der Waals surface area contributed by atoms with Gasteiger partial charge in [-0.2, -0.15) is 0 Å². The molecule has 1 aliphatic rings. The van der Waals surface area contributed by atoms with Crippen molar-refractivity contribution in [2.24, 2.45) is 0 Å². The second-order valence-electron chi connectivity index (χ2n) is 9.78. The molecular weight excluding hydrogens is 480 g/mol. The summed E-state index contributed by atoms with van der Waals surface area (Å²) in [5, 5.41) is 22.7. The smallest absolute Gasteiger partial charge is 0.300 e. The molecule has 184 valence electrons. The Bertz CT molecular complexity index is 1400. The molecule has 0 bridgehead atoms. The minimum atomic E-state index is -0.923. The highest BCUT2D eigenvalue weighted by Gasteiger charge is 2.47. The Kier molecular flexibility index (Phi) is 6.45. The molecule has 0 spiro atoms. The molecule has 0 radical (unpaired) electrons. The monoisotopic (exact) mass is 504 g/mol. The van der Waals surface area contributed by atoms with Crippen molar-refractivity contribution in [3.05, 3.63) is 110 Å². The van der Waals surface area contributed by atoms with E-state index < -0.39 is 28.4 Å². The quantitative estimate of drug-likeness (QED) is 0.144. The lowest BCUT2D eigenvalue weighted by Gasteiger charge is -2.27. The third-order valence-electron chi connectivity index (χ3n) is 6.32. The number of non-ortho nitro benzene ring substituents is 1. The Morgan fingerprint density at radius 1 is 1.00 bits per heavy atom. The SMILES string of the molecule is Cc1ccc(N2C(=O)C(=O)/C(=C(/O)c3ccc([N+](=O)[O-])cc3)C2c2ccc(C(C)(C)C)cc2)cc1Cl. The van der Waals surface area contributed by atoms with Crippen LogP contribution in [0.4, 0.5) is 11.4 Å². The maximum Gasteiger partial charge on any atom is 0.300 e. The number of aliphatic hydroxyl groups excluding tert-OH is 1. The number of aliphatic hydroxyl groups is 1. The first-order chi connectivity index (χ1) is 16.9. The van der Waals surface area contributed by atoms with Gasteiger partial charge in [-0.1, -0.05) is 62.7 Å². The summed E-state index contributed by atoms with van der Waals surface area (Å²) < 4.78 is 0. The summed E-state index contributed by atoms with van der Waals surface area (Å²) in [6, 6.07) is 16.9. The van der Waals surface area contributed by atoms with Crippen LogP contribution in [0.25, 0.3) is 5.76 Å². The Morgan fingerprint density at radius 2 is 1.61 bits per heavy atom. The molecule has 0 aromatic heterocycles. The number of anilines is 1. The van der Waals surface area contributed by atoms with E-state index in [2.05, 4.69) is 20.8 Å². The zero-order valence-electron chi connectivity index (χ0n) is 20.3. The zero-order chi connectivity index (χ0) is 26.4. The number of Topliss-reactive ketones (excluding diaryl/α,β-unsaturated/α-hetero) is 1. The number of nitro benzene ring substituents is 1. The lowest BCUT2D eigenvalue weighted by atomic mass is 9.85. The fourth-order valence-corrected chi connectivity index (χ4v) is 4.38. The Morgan fingerprint density at radius 3 is 2.14 bits per heavy atom. The van der Waals surface area contributed by atoms with E-state index in [4.69, 9.17) is 11.6 Å². The van der Waals surface area contributed by atoms with E-state index in [0.717, 1.165) is 11.1 Å². The van der Waals surface area contributed by atoms with Gasteiger partial charge < -0.3 is 5.11 Å². The fraction of sp³-hybridized carbons (Fsp3) is 0.214. The van der Waals surface area contributed by atoms with E-state index >= 15 is 0 Å². The van der Waals surface area contributed by atoms with E-state index in [-0.39, 0.29) is 22.2 Å². The van der Waals surface area contributed by atoms with Crippen LogP contribution in [0.3, 0.4) is 0 Å². The molecule has 3 aromatic carbocycles. The molecule has 4 rings (SSSR count). The van der Waals surface area contributed by atoms with Crippen molar-refractivity contribution in [2.75, 3.05) is 4.90 Å². The second-order valence-corrected chi connectivity index (χ2v) is 10.2. The summed E-state index contributed by atoms with van der Waals surface area (Å²) >= 11 is 6.34. The highest BCUT2D eigenvalue weighted by molar-refractivity contribution is 6.51. The number of nitrogens with zero attached hydrogens (tertiary/aromatic N) is 2. The number of halogens is 1. The van der Waals surface area contributed by atoms with E-state index in [9.17, 15) is 24.8 Å². The average Bonchev–Trinajstić information content (AvgIpc) is 3.10. The summed E-state index contributed by atoms with van der Waals surface area (Å²) in [4.78, 5) is 38.4. The molecule has 1 N–H and O–H groups in total. The molecule has 1 amide bonds. The number of benzene rings is 3. The van der Waals surface area contributed by atoms with E-state index in [1.165, 1.54) is 29.2 Å². The van der Waals surface area contributed by atoms with Gasteiger partial charge in [0.05, 0.1) is 16.5 Å². The summed E-state index contributed by atoms with van der Waals surface area (Å²) in [5.74, 6) is -2.07. The zero-order valence-corrected chi connectivity index (χ0v) is 21.0. The molecule has 0 saturated carbocycles. The second kappa shape index (κ2) is 9.24. The molecular formula is C28H25ClN2O5. The Hall–Kier alpha value is -3.97. The molecule has 3 aromatic rings. The van der Waals surface area contributed by atoms with E-state index in [0.29, 0.717) is 16.3 Å². The fourth-order valence-electron chi connectivity index (χ4n) is 4.21. The molecule has 1 saturated heterocycles. The van der Waals surface area contributed by atoms with Gasteiger partial charge in [-0.3, -0.25) is 24.6 Å². The number of amides is 1. The van der Waals surface area contributed by atoms with Crippen molar-refractivity contribution in [1.82, 2.24) is 0 Å². The highest BCUT2D eigenvalue weighted by atomic mass is 35.5. The average molecular weight is 505 g/mol. The number of hydrogen-bond donors (Lipinski definition) is 1. The van der Waals surface area contributed by atoms with Gasteiger partial charge in [-0.05, 0) is 53.3 Å². The van der Waals surface area contributed by atoms with Crippen LogP contribution in [-0.2, 0) is 15.0 Å². The topological polar surface area (TPSA) is 101 Å². The van der Waals surface area contributed by atoms with Gasteiger partial charge in [0.2, 0.25) is 0 Å². The van der Waals surface area contributed by atoms with Crippen LogP contribution in [0.5, 0.6) is 0 Å². The lowest BCUT2D eigenvalue weighted by molar-refractivity contribution is -0.384. The van der Waals surface area contributed by atoms with E-state index in [1.807, 2.05) is 31.2 Å². The number of aryl methyl sites for hydroxylation is 1. The van der Waals surface area contributed by atoms with Gasteiger partial charge in [0, 0.05) is 28.4 Å². The molecule has 1 fully saturated rings. The molecule has 7 nitrogen and oxygen atoms in total. The van der Waals surface area contributed by atoms with Gasteiger partial charge in [-0.25, -0.2) is 0 Å². The first-order valence-corrected chi connectivity index (χ1v) is 11.7.